The van der Waals surface area contributed by atoms with Gasteiger partial charge in [0.25, 0.3) is 0 Å². The maximum Gasteiger partial charge on any atom is 0.326 e. The Labute approximate surface area is 181 Å². The first-order valence-electron chi connectivity index (χ1n) is 10.3. The predicted molar refractivity (Wildman–Crippen MR) is 112 cm³/mol. The molecule has 3 atom stereocenters. The van der Waals surface area contributed by atoms with Gasteiger partial charge >= 0.3 is 11.9 Å². The first-order chi connectivity index (χ1) is 14.5. The lowest BCUT2D eigenvalue weighted by atomic mass is 10.0. The quantitative estimate of drug-likeness (QED) is 0.138. The number of hydrogen-bond acceptors (Lipinski definition) is 7. The van der Waals surface area contributed by atoms with Crippen LogP contribution in [0.4, 0.5) is 0 Å². The second-order valence-corrected chi connectivity index (χ2v) is 7.63. The number of nitrogens with two attached hydrogens (primary N) is 2. The van der Waals surface area contributed by atoms with Gasteiger partial charge in [-0.05, 0) is 44.6 Å². The number of unbranched alkanes of at least 4 members (excludes halogenated alkanes) is 1. The summed E-state index contributed by atoms with van der Waals surface area (Å²) in [6, 6.07) is -3.40. The molecule has 9 N–H and O–H groups in total. The van der Waals surface area contributed by atoms with Crippen molar-refractivity contribution in [2.45, 2.75) is 70.5 Å². The summed E-state index contributed by atoms with van der Waals surface area (Å²) in [6.45, 7) is 3.76. The highest BCUT2D eigenvalue weighted by Gasteiger charge is 2.30. The molecular weight excluding hydrogens is 410 g/mol. The molecule has 0 aromatic carbocycles. The number of carbonyl (C=O) groups excluding carboxylic acids is 3. The van der Waals surface area contributed by atoms with Crippen LogP contribution in [0.2, 0.25) is 0 Å². The van der Waals surface area contributed by atoms with E-state index < -0.39 is 54.2 Å². The lowest BCUT2D eigenvalue weighted by Gasteiger charge is -2.25. The topological polar surface area (TPSA) is 214 Å². The van der Waals surface area contributed by atoms with Gasteiger partial charge in [-0.25, -0.2) is 4.79 Å². The molecule has 0 radical (unpaired) electrons. The van der Waals surface area contributed by atoms with Crippen LogP contribution in [0.25, 0.3) is 0 Å². The van der Waals surface area contributed by atoms with Crippen molar-refractivity contribution in [3.8, 4) is 0 Å². The summed E-state index contributed by atoms with van der Waals surface area (Å²) in [5.74, 6) is -4.46. The van der Waals surface area contributed by atoms with E-state index in [1.165, 1.54) is 0 Å². The van der Waals surface area contributed by atoms with Crippen molar-refractivity contribution in [1.82, 2.24) is 16.0 Å². The number of carboxylic acid groups (broad SMARTS) is 2. The van der Waals surface area contributed by atoms with Crippen molar-refractivity contribution in [3.63, 3.8) is 0 Å². The van der Waals surface area contributed by atoms with E-state index in [9.17, 15) is 29.1 Å². The van der Waals surface area contributed by atoms with Gasteiger partial charge in [-0.3, -0.25) is 19.2 Å². The van der Waals surface area contributed by atoms with Gasteiger partial charge < -0.3 is 37.6 Å². The van der Waals surface area contributed by atoms with E-state index in [-0.39, 0.29) is 25.3 Å². The monoisotopic (exact) mass is 445 g/mol. The molecule has 0 heterocycles. The average molecular weight is 446 g/mol. The Kier molecular flexibility index (Phi) is 13.8. The summed E-state index contributed by atoms with van der Waals surface area (Å²) in [4.78, 5) is 59.2. The van der Waals surface area contributed by atoms with Crippen molar-refractivity contribution < 1.29 is 34.2 Å². The number of amides is 3. The molecule has 31 heavy (non-hydrogen) atoms. The van der Waals surface area contributed by atoms with Crippen LogP contribution in [0.1, 0.15) is 52.4 Å². The molecule has 0 aliphatic heterocycles. The fraction of sp³-hybridized carbons (Fsp3) is 0.737. The molecule has 0 aromatic rings. The zero-order valence-electron chi connectivity index (χ0n) is 18.1. The fourth-order valence-electron chi connectivity index (χ4n) is 2.79. The van der Waals surface area contributed by atoms with Crippen LogP contribution in [0.15, 0.2) is 0 Å². The molecule has 12 heteroatoms. The lowest BCUT2D eigenvalue weighted by Crippen LogP contribution is -2.56. The molecule has 0 saturated heterocycles. The summed E-state index contributed by atoms with van der Waals surface area (Å²) >= 11 is 0. The molecule has 178 valence electrons. The van der Waals surface area contributed by atoms with Gasteiger partial charge in [0.15, 0.2) is 0 Å². The minimum Gasteiger partial charge on any atom is -0.481 e. The highest BCUT2D eigenvalue weighted by molar-refractivity contribution is 5.93. The Balaban J connectivity index is 5.32. The molecule has 0 aliphatic rings. The maximum absolute atomic E-state index is 12.7. The number of carbonyl (C=O) groups is 5. The largest absolute Gasteiger partial charge is 0.481 e. The standard InChI is InChI=1S/C19H35N5O7/c1-11(2)9-14(18(29)23-13(19(30)31)6-7-16(26)27)24-17(28)12(5-3-4-8-20)22-15(25)10-21/h11-14H,3-10,20-21H2,1-2H3,(H,22,25)(H,23,29)(H,24,28)(H,26,27)(H,30,31). The van der Waals surface area contributed by atoms with Gasteiger partial charge in [-0.2, -0.15) is 0 Å². The molecule has 0 aromatic heterocycles. The smallest absolute Gasteiger partial charge is 0.326 e. The van der Waals surface area contributed by atoms with Crippen molar-refractivity contribution in [1.29, 1.82) is 0 Å². The Hall–Kier alpha value is -2.73. The van der Waals surface area contributed by atoms with Crippen LogP contribution >= 0.6 is 0 Å². The van der Waals surface area contributed by atoms with E-state index >= 15 is 0 Å². The van der Waals surface area contributed by atoms with Crippen LogP contribution in [-0.2, 0) is 24.0 Å². The molecule has 0 fully saturated rings. The summed E-state index contributed by atoms with van der Waals surface area (Å²) in [7, 11) is 0. The van der Waals surface area contributed by atoms with E-state index in [2.05, 4.69) is 16.0 Å². The third kappa shape index (κ3) is 12.5. The minimum absolute atomic E-state index is 0.0207. The van der Waals surface area contributed by atoms with Gasteiger partial charge in [0.2, 0.25) is 17.7 Å². The normalized spacial score (nSPS) is 13.7. The fourth-order valence-corrected chi connectivity index (χ4v) is 2.79. The van der Waals surface area contributed by atoms with E-state index in [0.29, 0.717) is 25.8 Å². The molecule has 0 saturated carbocycles. The van der Waals surface area contributed by atoms with Crippen molar-refractivity contribution in [2.24, 2.45) is 17.4 Å². The van der Waals surface area contributed by atoms with Crippen LogP contribution in [0, 0.1) is 5.92 Å². The van der Waals surface area contributed by atoms with Crippen molar-refractivity contribution >= 4 is 29.7 Å². The van der Waals surface area contributed by atoms with Crippen LogP contribution in [-0.4, -0.2) is 71.1 Å². The Morgan fingerprint density at radius 2 is 1.39 bits per heavy atom. The summed E-state index contributed by atoms with van der Waals surface area (Å²) in [5.41, 5.74) is 10.8. The highest BCUT2D eigenvalue weighted by Crippen LogP contribution is 2.09. The minimum atomic E-state index is -1.41. The van der Waals surface area contributed by atoms with E-state index in [1.807, 2.05) is 13.8 Å². The summed E-state index contributed by atoms with van der Waals surface area (Å²) < 4.78 is 0. The number of carboxylic acids is 2. The number of rotatable bonds is 16. The molecule has 0 aliphatic carbocycles. The number of aliphatic carboxylic acids is 2. The van der Waals surface area contributed by atoms with E-state index in [0.717, 1.165) is 0 Å². The zero-order chi connectivity index (χ0) is 24.0. The van der Waals surface area contributed by atoms with Crippen LogP contribution in [0.3, 0.4) is 0 Å². The van der Waals surface area contributed by atoms with E-state index in [4.69, 9.17) is 16.6 Å². The number of hydrogen-bond donors (Lipinski definition) is 7. The Morgan fingerprint density at radius 3 is 1.87 bits per heavy atom. The van der Waals surface area contributed by atoms with Crippen LogP contribution in [0.5, 0.6) is 0 Å². The molecule has 0 rings (SSSR count). The van der Waals surface area contributed by atoms with Gasteiger partial charge in [0.1, 0.15) is 18.1 Å². The van der Waals surface area contributed by atoms with Gasteiger partial charge in [-0.15, -0.1) is 0 Å². The third-order valence-corrected chi connectivity index (χ3v) is 4.39. The third-order valence-electron chi connectivity index (χ3n) is 4.39. The van der Waals surface area contributed by atoms with Crippen molar-refractivity contribution in [3.05, 3.63) is 0 Å². The zero-order valence-corrected chi connectivity index (χ0v) is 18.1. The van der Waals surface area contributed by atoms with Crippen molar-refractivity contribution in [2.75, 3.05) is 13.1 Å². The second kappa shape index (κ2) is 15.1. The lowest BCUT2D eigenvalue weighted by molar-refractivity contribution is -0.143. The summed E-state index contributed by atoms with van der Waals surface area (Å²) in [5, 5.41) is 25.4. The first kappa shape index (κ1) is 28.3. The first-order valence-corrected chi connectivity index (χ1v) is 10.3. The molecule has 12 nitrogen and oxygen atoms in total. The SMILES string of the molecule is CC(C)CC(NC(=O)C(CCCCN)NC(=O)CN)C(=O)NC(CCC(=O)O)C(=O)O. The van der Waals surface area contributed by atoms with Gasteiger partial charge in [-0.1, -0.05) is 13.8 Å². The maximum atomic E-state index is 12.7. The molecule has 0 spiro atoms. The predicted octanol–water partition coefficient (Wildman–Crippen LogP) is -1.48. The van der Waals surface area contributed by atoms with Crippen LogP contribution < -0.4 is 27.4 Å². The average Bonchev–Trinajstić information content (AvgIpc) is 2.68. The molecule has 0 bridgehead atoms. The van der Waals surface area contributed by atoms with E-state index in [1.54, 1.807) is 0 Å². The number of nitrogens with one attached hydrogen (secondary N) is 3. The second-order valence-electron chi connectivity index (χ2n) is 7.63. The molecule has 3 unspecified atom stereocenters. The van der Waals surface area contributed by atoms with Gasteiger partial charge in [0.05, 0.1) is 6.54 Å². The highest BCUT2D eigenvalue weighted by atomic mass is 16.4. The van der Waals surface area contributed by atoms with Gasteiger partial charge in [0, 0.05) is 6.42 Å². The Bertz CT molecular complexity index is 627. The molecular formula is C19H35N5O7. The Morgan fingerprint density at radius 1 is 0.806 bits per heavy atom. The summed E-state index contributed by atoms with van der Waals surface area (Å²) in [6.07, 6.45) is 0.975. The molecule has 3 amide bonds.